The van der Waals surface area contributed by atoms with Crippen LogP contribution in [0.5, 0.6) is 0 Å². The Balaban J connectivity index is 2.30. The molecular weight excluding hydrogens is 268 g/mol. The van der Waals surface area contributed by atoms with Crippen LogP contribution in [-0.2, 0) is 9.59 Å². The van der Waals surface area contributed by atoms with Gasteiger partial charge in [-0.2, -0.15) is 0 Å². The first-order valence-electron chi connectivity index (χ1n) is 8.20. The van der Waals surface area contributed by atoms with Gasteiger partial charge in [-0.3, -0.25) is 9.59 Å². The van der Waals surface area contributed by atoms with Crippen LogP contribution < -0.4 is 11.1 Å². The molecular formula is C16H30N2O3. The number of carbonyl (C=O) groups is 2. The molecule has 0 radical (unpaired) electrons. The molecule has 0 heterocycles. The highest BCUT2D eigenvalue weighted by Gasteiger charge is 2.27. The predicted molar refractivity (Wildman–Crippen MR) is 82.8 cm³/mol. The third-order valence-corrected chi connectivity index (χ3v) is 4.49. The number of carboxylic acids is 1. The molecule has 21 heavy (non-hydrogen) atoms. The molecule has 0 aromatic carbocycles. The summed E-state index contributed by atoms with van der Waals surface area (Å²) in [5, 5.41) is 11.9. The SMILES string of the molecule is CC(CCCC(C)C(=O)O)NC(=O)C1CCCCCC1N. The molecule has 1 aliphatic carbocycles. The van der Waals surface area contributed by atoms with Gasteiger partial charge in [0.1, 0.15) is 0 Å². The smallest absolute Gasteiger partial charge is 0.306 e. The Morgan fingerprint density at radius 2 is 1.86 bits per heavy atom. The number of nitrogens with two attached hydrogens (primary N) is 1. The lowest BCUT2D eigenvalue weighted by Crippen LogP contribution is -2.44. The van der Waals surface area contributed by atoms with Crippen molar-refractivity contribution in [3.63, 3.8) is 0 Å². The van der Waals surface area contributed by atoms with Gasteiger partial charge < -0.3 is 16.2 Å². The second-order valence-electron chi connectivity index (χ2n) is 6.49. The van der Waals surface area contributed by atoms with Gasteiger partial charge in [-0.15, -0.1) is 0 Å². The quantitative estimate of drug-likeness (QED) is 0.629. The number of aliphatic carboxylic acids is 1. The third kappa shape index (κ3) is 6.46. The van der Waals surface area contributed by atoms with Crippen molar-refractivity contribution in [2.45, 2.75) is 77.3 Å². The summed E-state index contributed by atoms with van der Waals surface area (Å²) in [7, 11) is 0. The number of carboxylic acid groups (broad SMARTS) is 1. The summed E-state index contributed by atoms with van der Waals surface area (Å²) in [6.07, 6.45) is 7.46. The van der Waals surface area contributed by atoms with Crippen LogP contribution in [0.25, 0.3) is 0 Å². The van der Waals surface area contributed by atoms with Crippen molar-refractivity contribution in [1.29, 1.82) is 0 Å². The lowest BCUT2D eigenvalue weighted by molar-refractivity contribution is -0.141. The monoisotopic (exact) mass is 298 g/mol. The fourth-order valence-corrected chi connectivity index (χ4v) is 2.94. The Labute approximate surface area is 127 Å². The number of hydrogen-bond acceptors (Lipinski definition) is 3. The van der Waals surface area contributed by atoms with Gasteiger partial charge >= 0.3 is 5.97 Å². The van der Waals surface area contributed by atoms with E-state index in [1.807, 2.05) is 6.92 Å². The van der Waals surface area contributed by atoms with Gasteiger partial charge in [0.25, 0.3) is 0 Å². The number of nitrogens with one attached hydrogen (secondary N) is 1. The maximum atomic E-state index is 12.3. The van der Waals surface area contributed by atoms with Crippen molar-refractivity contribution in [2.75, 3.05) is 0 Å². The maximum Gasteiger partial charge on any atom is 0.306 e. The van der Waals surface area contributed by atoms with Crippen molar-refractivity contribution in [2.24, 2.45) is 17.6 Å². The molecule has 1 aliphatic rings. The van der Waals surface area contributed by atoms with Crippen LogP contribution in [-0.4, -0.2) is 29.1 Å². The van der Waals surface area contributed by atoms with Crippen LogP contribution in [0.1, 0.15) is 65.2 Å². The molecule has 5 nitrogen and oxygen atoms in total. The Hall–Kier alpha value is -1.10. The lowest BCUT2D eigenvalue weighted by atomic mass is 9.94. The molecule has 0 bridgehead atoms. The van der Waals surface area contributed by atoms with Crippen molar-refractivity contribution in [3.8, 4) is 0 Å². The highest BCUT2D eigenvalue weighted by atomic mass is 16.4. The molecule has 0 aromatic heterocycles. The van der Waals surface area contributed by atoms with Gasteiger partial charge in [0.05, 0.1) is 11.8 Å². The summed E-state index contributed by atoms with van der Waals surface area (Å²) in [5.41, 5.74) is 6.10. The Morgan fingerprint density at radius 3 is 2.52 bits per heavy atom. The summed E-state index contributed by atoms with van der Waals surface area (Å²) in [5.74, 6) is -1.06. The van der Waals surface area contributed by atoms with E-state index in [2.05, 4.69) is 5.32 Å². The zero-order valence-electron chi connectivity index (χ0n) is 13.3. The summed E-state index contributed by atoms with van der Waals surface area (Å²) in [4.78, 5) is 23.0. The van der Waals surface area contributed by atoms with Crippen LogP contribution in [0.4, 0.5) is 0 Å². The highest BCUT2D eigenvalue weighted by Crippen LogP contribution is 2.22. The zero-order chi connectivity index (χ0) is 15.8. The predicted octanol–water partition coefficient (Wildman–Crippen LogP) is 2.29. The molecule has 0 aromatic rings. The summed E-state index contributed by atoms with van der Waals surface area (Å²) < 4.78 is 0. The summed E-state index contributed by atoms with van der Waals surface area (Å²) in [6.45, 7) is 3.70. The van der Waals surface area contributed by atoms with Crippen LogP contribution in [0.15, 0.2) is 0 Å². The van der Waals surface area contributed by atoms with Crippen LogP contribution in [0.3, 0.4) is 0 Å². The fraction of sp³-hybridized carbons (Fsp3) is 0.875. The minimum Gasteiger partial charge on any atom is -0.481 e. The molecule has 1 rings (SSSR count). The average molecular weight is 298 g/mol. The maximum absolute atomic E-state index is 12.3. The Morgan fingerprint density at radius 1 is 1.19 bits per heavy atom. The van der Waals surface area contributed by atoms with E-state index >= 15 is 0 Å². The molecule has 4 unspecified atom stereocenters. The van der Waals surface area contributed by atoms with Gasteiger partial charge in [-0.25, -0.2) is 0 Å². The van der Waals surface area contributed by atoms with Crippen molar-refractivity contribution < 1.29 is 14.7 Å². The minimum absolute atomic E-state index is 0.0215. The van der Waals surface area contributed by atoms with Crippen LogP contribution in [0, 0.1) is 11.8 Å². The number of rotatable bonds is 7. The number of hydrogen-bond donors (Lipinski definition) is 3. The topological polar surface area (TPSA) is 92.4 Å². The average Bonchev–Trinajstić information content (AvgIpc) is 2.63. The fourth-order valence-electron chi connectivity index (χ4n) is 2.94. The second kappa shape index (κ2) is 9.03. The molecule has 0 spiro atoms. The Bertz CT molecular complexity index is 346. The zero-order valence-corrected chi connectivity index (χ0v) is 13.3. The molecule has 0 saturated heterocycles. The third-order valence-electron chi connectivity index (χ3n) is 4.49. The van der Waals surface area contributed by atoms with Crippen molar-refractivity contribution >= 4 is 11.9 Å². The van der Waals surface area contributed by atoms with E-state index in [0.717, 1.165) is 38.5 Å². The van der Waals surface area contributed by atoms with Gasteiger partial charge in [0.2, 0.25) is 5.91 Å². The van der Waals surface area contributed by atoms with Crippen molar-refractivity contribution in [1.82, 2.24) is 5.32 Å². The Kier molecular flexibility index (Phi) is 7.72. The standard InChI is InChI=1S/C16H30N2O3/c1-11(16(20)21)7-6-8-12(2)18-15(19)13-9-4-3-5-10-14(13)17/h11-14H,3-10,17H2,1-2H3,(H,18,19)(H,20,21). The van der Waals surface area contributed by atoms with Gasteiger partial charge in [0.15, 0.2) is 0 Å². The van der Waals surface area contributed by atoms with Crippen LogP contribution in [0.2, 0.25) is 0 Å². The number of amides is 1. The van der Waals surface area contributed by atoms with Gasteiger partial charge in [0, 0.05) is 12.1 Å². The summed E-state index contributed by atoms with van der Waals surface area (Å²) in [6, 6.07) is 0.0562. The van der Waals surface area contributed by atoms with E-state index in [-0.39, 0.29) is 29.8 Å². The van der Waals surface area contributed by atoms with E-state index in [9.17, 15) is 9.59 Å². The van der Waals surface area contributed by atoms with E-state index < -0.39 is 5.97 Å². The normalized spacial score (nSPS) is 25.7. The first kappa shape index (κ1) is 18.0. The molecule has 5 heteroatoms. The van der Waals surface area contributed by atoms with E-state index in [1.165, 1.54) is 6.42 Å². The van der Waals surface area contributed by atoms with E-state index in [0.29, 0.717) is 6.42 Å². The van der Waals surface area contributed by atoms with Crippen LogP contribution >= 0.6 is 0 Å². The molecule has 1 amide bonds. The summed E-state index contributed by atoms with van der Waals surface area (Å²) >= 11 is 0. The van der Waals surface area contributed by atoms with Gasteiger partial charge in [-0.05, 0) is 32.6 Å². The molecule has 122 valence electrons. The molecule has 4 N–H and O–H groups in total. The van der Waals surface area contributed by atoms with Crippen molar-refractivity contribution in [3.05, 3.63) is 0 Å². The lowest BCUT2D eigenvalue weighted by Gasteiger charge is -2.23. The highest BCUT2D eigenvalue weighted by molar-refractivity contribution is 5.79. The molecule has 4 atom stereocenters. The first-order chi connectivity index (χ1) is 9.91. The van der Waals surface area contributed by atoms with E-state index in [4.69, 9.17) is 10.8 Å². The second-order valence-corrected chi connectivity index (χ2v) is 6.49. The minimum atomic E-state index is -0.754. The first-order valence-corrected chi connectivity index (χ1v) is 8.20. The van der Waals surface area contributed by atoms with E-state index in [1.54, 1.807) is 6.92 Å². The molecule has 1 fully saturated rings. The van der Waals surface area contributed by atoms with Gasteiger partial charge in [-0.1, -0.05) is 32.6 Å². The largest absolute Gasteiger partial charge is 0.481 e. The molecule has 0 aliphatic heterocycles. The molecule has 1 saturated carbocycles. The number of carbonyl (C=O) groups excluding carboxylic acids is 1.